The van der Waals surface area contributed by atoms with Gasteiger partial charge >= 0.3 is 5.65 Å². The molecule has 8 aromatic heterocycles. The van der Waals surface area contributed by atoms with Crippen molar-refractivity contribution in [3.63, 3.8) is 0 Å². The van der Waals surface area contributed by atoms with Gasteiger partial charge in [0.15, 0.2) is 58.8 Å². The number of aliphatic hydroxyl groups is 5. The molecule has 0 saturated carbocycles. The number of hydrogen-bond donors (Lipinski definition) is 12. The molecule has 4 aliphatic rings. The van der Waals surface area contributed by atoms with E-state index in [-0.39, 0.29) is 62.4 Å². The Labute approximate surface area is 557 Å². The van der Waals surface area contributed by atoms with E-state index in [0.29, 0.717) is 0 Å². The number of hydrogen-bond acceptors (Lipinski definition) is 44. The van der Waals surface area contributed by atoms with Crippen LogP contribution in [-0.2, 0) is 101 Å². The summed E-state index contributed by atoms with van der Waals surface area (Å²) in [4.78, 5) is 144. The molecule has 21 unspecified atom stereocenters. The maximum atomic E-state index is 14.6. The van der Waals surface area contributed by atoms with Gasteiger partial charge in [0.1, 0.15) is 92.3 Å². The van der Waals surface area contributed by atoms with Crippen molar-refractivity contribution in [1.29, 1.82) is 0 Å². The maximum Gasteiger partial charge on any atom is 0.313 e. The van der Waals surface area contributed by atoms with Crippen LogP contribution in [0, 0.1) is 0 Å². The largest absolute Gasteiger partial charge is 0.780 e. The van der Waals surface area contributed by atoms with Crippen LogP contribution >= 0.6 is 38.0 Å². The Balaban J connectivity index is 0.747. The average Bonchev–Trinajstić information content (AvgIpc) is 1.60. The summed E-state index contributed by atoms with van der Waals surface area (Å²) in [5.41, 5.74) is 19.1. The lowest BCUT2D eigenvalue weighted by molar-refractivity contribution is -0.750. The monoisotopic (exact) mass is 1530 g/mol. The van der Waals surface area contributed by atoms with Crippen molar-refractivity contribution in [1.82, 2.24) is 73.1 Å². The number of aromatic amines is 3. The molecule has 4 saturated heterocycles. The molecule has 0 radical (unpaired) electrons. The summed E-state index contributed by atoms with van der Waals surface area (Å²) in [6, 6.07) is 0. The van der Waals surface area contributed by atoms with Crippen LogP contribution < -0.4 is 68.6 Å². The van der Waals surface area contributed by atoms with E-state index >= 15 is 0 Å². The van der Waals surface area contributed by atoms with Crippen LogP contribution in [0.3, 0.4) is 0 Å². The first-order valence-electron chi connectivity index (χ1n) is 28.1. The Bertz CT molecular complexity index is 4910. The van der Waals surface area contributed by atoms with Crippen molar-refractivity contribution in [3.05, 3.63) is 62.7 Å². The quantitative estimate of drug-likeness (QED) is 0.0177. The van der Waals surface area contributed by atoms with Crippen molar-refractivity contribution in [2.75, 3.05) is 63.6 Å². The van der Waals surface area contributed by atoms with Gasteiger partial charge in [-0.1, -0.05) is 16.8 Å². The lowest BCUT2D eigenvalue weighted by Crippen LogP contribution is -2.48. The average molecular weight is 1530 g/mol. The molecule has 57 heteroatoms. The number of fused-ring (bicyclic) bond motifs is 4. The van der Waals surface area contributed by atoms with Crippen molar-refractivity contribution in [3.8, 4) is 0 Å². The normalized spacial score (nSPS) is 31.1. The van der Waals surface area contributed by atoms with Gasteiger partial charge < -0.3 is 128 Å². The molecule has 0 bridgehead atoms. The number of phosphoric ester groups is 3. The van der Waals surface area contributed by atoms with Gasteiger partial charge in [-0.15, -0.1) is 0 Å². The van der Waals surface area contributed by atoms with Crippen molar-refractivity contribution < 1.29 is 137 Å². The van der Waals surface area contributed by atoms with Crippen molar-refractivity contribution in [2.45, 2.75) is 97.8 Å². The lowest BCUT2D eigenvalue weighted by atomic mass is 10.1. The second-order valence-corrected chi connectivity index (χ2v) is 30.5. The van der Waals surface area contributed by atoms with Gasteiger partial charge in [0.25, 0.3) is 53.9 Å². The van der Waals surface area contributed by atoms with Gasteiger partial charge in [-0.05, 0) is 0 Å². The van der Waals surface area contributed by atoms with Crippen molar-refractivity contribution >= 4 is 118 Å². The number of nitrogen functional groups attached to an aromatic ring is 4. The van der Waals surface area contributed by atoms with Gasteiger partial charge in [-0.3, -0.25) is 65.9 Å². The zero-order chi connectivity index (χ0) is 72.2. The number of methoxy groups -OCH3 is 2. The zero-order valence-corrected chi connectivity index (χ0v) is 55.8. The van der Waals surface area contributed by atoms with Crippen LogP contribution in [0.4, 0.5) is 23.7 Å². The fourth-order valence-electron chi connectivity index (χ4n) is 11.2. The number of imidazole rings is 4. The van der Waals surface area contributed by atoms with E-state index in [1.165, 1.54) is 17.9 Å². The van der Waals surface area contributed by atoms with E-state index in [2.05, 4.69) is 68.0 Å². The van der Waals surface area contributed by atoms with Crippen LogP contribution in [0.2, 0.25) is 0 Å². The maximum absolute atomic E-state index is 14.6. The molecule has 12 rings (SSSR count). The number of phosphoric acid groups is 4. The summed E-state index contributed by atoms with van der Waals surface area (Å²) in [6.07, 6.45) is -23.5. The summed E-state index contributed by atoms with van der Waals surface area (Å²) in [5.74, 6) is -4.08. The molecular weight excluding hydrogens is 1480 g/mol. The second-order valence-electron chi connectivity index (χ2n) is 21.9. The molecule has 546 valence electrons. The van der Waals surface area contributed by atoms with Crippen LogP contribution in [0.1, 0.15) is 24.9 Å². The third-order valence-corrected chi connectivity index (χ3v) is 22.2. The highest BCUT2D eigenvalue weighted by Crippen LogP contribution is 2.64. The van der Waals surface area contributed by atoms with Gasteiger partial charge in [-0.2, -0.15) is 9.97 Å². The number of nitrogens with two attached hydrogens (primary N) is 4. The fourth-order valence-corrected chi connectivity index (χ4v) is 16.9. The van der Waals surface area contributed by atoms with E-state index < -0.39 is 185 Å². The summed E-state index contributed by atoms with van der Waals surface area (Å²) in [6.45, 7) is -10.6. The molecule has 4 fully saturated rings. The molecule has 21 atom stereocenters. The van der Waals surface area contributed by atoms with Crippen LogP contribution in [-0.4, -0.2) is 212 Å². The second kappa shape index (κ2) is 27.2. The van der Waals surface area contributed by atoms with Crippen molar-refractivity contribution in [2.24, 2.45) is 7.05 Å². The van der Waals surface area contributed by atoms with E-state index in [0.717, 1.165) is 57.8 Å². The molecular formula is C43H53N20O31P5S-4. The number of nitrogens with one attached hydrogen (secondary N) is 3. The third kappa shape index (κ3) is 14.2. The number of aryl methyl sites for hydroxylation is 1. The molecule has 12 heterocycles. The van der Waals surface area contributed by atoms with Gasteiger partial charge in [0.05, 0.1) is 45.9 Å². The summed E-state index contributed by atoms with van der Waals surface area (Å²) < 4.78 is 132. The Morgan fingerprint density at radius 1 is 0.600 bits per heavy atom. The topological polar surface area (TPSA) is 743 Å². The third-order valence-electron chi connectivity index (χ3n) is 15.6. The SMILES string of the molecule is COC1C(OP([O-])(=S)OCC2OC(n3cnc4c(=O)[nH]c(N)nc43)C(O)C2OP(=O)([O-])OCC2OC(n3cnc4c(=O)[nH]c(N)nc43)C(O)C2O)C(COP(=O)([O-])OP(=O)([O-])OP(=O)([O-])OCC2(OC)OC([n+]3cn(C)c4c(=O)[nH]c(N)nc43)C(O)C2O)OC1n1cnc2c(N)ncnc21. The summed E-state index contributed by atoms with van der Waals surface area (Å²) >= 11 is 5.27. The predicted molar refractivity (Wildman–Crippen MR) is 314 cm³/mol. The fraction of sp³-hybridized carbons (Fsp3) is 0.535. The highest BCUT2D eigenvalue weighted by molar-refractivity contribution is 8.06. The first kappa shape index (κ1) is 73.2. The number of H-pyrrole nitrogens is 3. The van der Waals surface area contributed by atoms with Crippen LogP contribution in [0.25, 0.3) is 44.7 Å². The molecule has 51 nitrogen and oxygen atoms in total. The minimum atomic E-state index is -6.75. The van der Waals surface area contributed by atoms with Gasteiger partial charge in [0, 0.05) is 14.2 Å². The number of ether oxygens (including phenoxy) is 6. The molecule has 0 spiro atoms. The predicted octanol–water partition coefficient (Wildman–Crippen LogP) is -9.30. The molecule has 4 aliphatic heterocycles. The summed E-state index contributed by atoms with van der Waals surface area (Å²) in [7, 11) is -22.2. The van der Waals surface area contributed by atoms with Crippen LogP contribution in [0.15, 0.2) is 46.0 Å². The molecule has 0 aromatic carbocycles. The smallest absolute Gasteiger partial charge is 0.313 e. The zero-order valence-electron chi connectivity index (χ0n) is 50.5. The highest BCUT2D eigenvalue weighted by atomic mass is 32.5. The molecule has 16 N–H and O–H groups in total. The van der Waals surface area contributed by atoms with E-state index in [1.807, 2.05) is 0 Å². The lowest BCUT2D eigenvalue weighted by Gasteiger charge is -2.37. The number of nitrogens with zero attached hydrogens (tertiary/aromatic N) is 13. The Morgan fingerprint density at radius 2 is 1.12 bits per heavy atom. The number of anilines is 4. The first-order valence-corrected chi connectivity index (χ1v) is 36.5. The molecule has 0 amide bonds. The van der Waals surface area contributed by atoms with Gasteiger partial charge in [0.2, 0.25) is 29.4 Å². The molecule has 100 heavy (non-hydrogen) atoms. The van der Waals surface area contributed by atoms with E-state index in [9.17, 15) is 82.6 Å². The van der Waals surface area contributed by atoms with Crippen LogP contribution in [0.5, 0.6) is 0 Å². The number of aromatic nitrogens is 16. The Kier molecular flexibility index (Phi) is 19.9. The summed E-state index contributed by atoms with van der Waals surface area (Å²) in [5, 5.41) is 55.9. The minimum absolute atomic E-state index is 0.0381. The van der Waals surface area contributed by atoms with Gasteiger partial charge in [-0.25, -0.2) is 38.1 Å². The Morgan fingerprint density at radius 3 is 1.74 bits per heavy atom. The number of rotatable bonds is 26. The highest BCUT2D eigenvalue weighted by Gasteiger charge is 2.59. The first-order chi connectivity index (χ1) is 46.9. The molecule has 8 aromatic rings. The van der Waals surface area contributed by atoms with E-state index in [1.54, 1.807) is 0 Å². The number of aliphatic hydroxyl groups excluding tert-OH is 5. The Hall–Kier alpha value is -6.59. The standard InChI is InChI=1S/C43H57N20O31P5S/c1-59-12-63(32-19(59)35(71)58-42(47)55-32)38-23(67)27(68)43(82-3,90-38)7-86-97(76,77)94-98(78,79)93-96(74,75)84-5-15-25(26(81-2)39(89-15)60-9-50-16-28(44)48-8-49-29(16)60)92-99(80,100)85-6-14-24(22(66)37(88-14)62-11-52-18-31(62)54-41(46)57-34(18)70)91-95(72,73)83-4-13-20(64)21(65)36(87-13)61-10-51-17-30(61)53-40(45)56-33(17)69/h8-15,20-27,36-39,64-68H,4-7H2,1-3H3,(H15-,44,45,46,47,48,49,53,54,55,56,57,58,69,70,71,72,73,74,75,76,77,78,79,80,100)/p-4. The van der Waals surface area contributed by atoms with E-state index in [4.69, 9.17) is 85.8 Å². The minimum Gasteiger partial charge on any atom is -0.780 e. The molecule has 0 aliphatic carbocycles.